The summed E-state index contributed by atoms with van der Waals surface area (Å²) in [6.07, 6.45) is 1.68. The molecule has 0 bridgehead atoms. The molecule has 5 nitrogen and oxygen atoms in total. The van der Waals surface area contributed by atoms with Crippen LogP contribution in [0, 0.1) is 5.92 Å². The zero-order chi connectivity index (χ0) is 14.5. The van der Waals surface area contributed by atoms with Crippen LogP contribution < -0.4 is 14.8 Å². The van der Waals surface area contributed by atoms with Crippen molar-refractivity contribution >= 4 is 0 Å². The van der Waals surface area contributed by atoms with E-state index in [9.17, 15) is 5.11 Å². The van der Waals surface area contributed by atoms with Gasteiger partial charge in [0.2, 0.25) is 0 Å². The Morgan fingerprint density at radius 1 is 1.10 bits per heavy atom. The van der Waals surface area contributed by atoms with Gasteiger partial charge in [-0.25, -0.2) is 0 Å². The summed E-state index contributed by atoms with van der Waals surface area (Å²) in [7, 11) is 0. The first-order valence-corrected chi connectivity index (χ1v) is 7.69. The highest BCUT2D eigenvalue weighted by atomic mass is 16.6. The summed E-state index contributed by atoms with van der Waals surface area (Å²) < 4.78 is 16.4. The molecule has 1 atom stereocenters. The largest absolute Gasteiger partial charge is 0.486 e. The van der Waals surface area contributed by atoms with Gasteiger partial charge < -0.3 is 24.6 Å². The second-order valence-electron chi connectivity index (χ2n) is 5.63. The van der Waals surface area contributed by atoms with Crippen molar-refractivity contribution < 1.29 is 19.3 Å². The van der Waals surface area contributed by atoms with Gasteiger partial charge in [-0.2, -0.15) is 0 Å². The molecule has 1 aromatic carbocycles. The molecule has 0 saturated carbocycles. The van der Waals surface area contributed by atoms with E-state index in [0.717, 1.165) is 49.7 Å². The highest BCUT2D eigenvalue weighted by molar-refractivity contribution is 5.44. The van der Waals surface area contributed by atoms with Crippen molar-refractivity contribution in [1.29, 1.82) is 0 Å². The van der Waals surface area contributed by atoms with Crippen molar-refractivity contribution in [3.05, 3.63) is 23.8 Å². The van der Waals surface area contributed by atoms with Crippen molar-refractivity contribution in [3.8, 4) is 11.5 Å². The summed E-state index contributed by atoms with van der Waals surface area (Å²) in [5.74, 6) is 2.14. The molecule has 0 amide bonds. The molecule has 5 heteroatoms. The highest BCUT2D eigenvalue weighted by Crippen LogP contribution is 2.32. The number of rotatable bonds is 5. The molecule has 1 unspecified atom stereocenters. The van der Waals surface area contributed by atoms with Crippen LogP contribution in [-0.2, 0) is 4.74 Å². The molecule has 3 rings (SSSR count). The first kappa shape index (κ1) is 14.6. The number of aliphatic hydroxyl groups is 1. The van der Waals surface area contributed by atoms with Crippen molar-refractivity contribution in [1.82, 2.24) is 5.32 Å². The second-order valence-corrected chi connectivity index (χ2v) is 5.63. The molecule has 1 saturated heterocycles. The Kier molecular flexibility index (Phi) is 4.95. The minimum absolute atomic E-state index is 0.527. The van der Waals surface area contributed by atoms with Crippen LogP contribution in [0.4, 0.5) is 0 Å². The minimum atomic E-state index is -0.527. The summed E-state index contributed by atoms with van der Waals surface area (Å²) in [5, 5.41) is 13.6. The molecule has 1 fully saturated rings. The van der Waals surface area contributed by atoms with E-state index in [0.29, 0.717) is 25.7 Å². The van der Waals surface area contributed by atoms with E-state index in [2.05, 4.69) is 5.32 Å². The summed E-state index contributed by atoms with van der Waals surface area (Å²) in [5.41, 5.74) is 0.860. The zero-order valence-corrected chi connectivity index (χ0v) is 12.2. The fourth-order valence-corrected chi connectivity index (χ4v) is 2.76. The van der Waals surface area contributed by atoms with Crippen molar-refractivity contribution in [2.45, 2.75) is 18.9 Å². The average molecular weight is 293 g/mol. The molecular weight excluding hydrogens is 270 g/mol. The predicted molar refractivity (Wildman–Crippen MR) is 78.8 cm³/mol. The Morgan fingerprint density at radius 3 is 2.67 bits per heavy atom. The van der Waals surface area contributed by atoms with Gasteiger partial charge in [-0.3, -0.25) is 0 Å². The van der Waals surface area contributed by atoms with E-state index in [1.807, 2.05) is 18.2 Å². The Balaban J connectivity index is 1.49. The first-order valence-electron chi connectivity index (χ1n) is 7.69. The number of fused-ring (bicyclic) bond motifs is 1. The van der Waals surface area contributed by atoms with E-state index in [4.69, 9.17) is 14.2 Å². The number of hydrogen-bond acceptors (Lipinski definition) is 5. The van der Waals surface area contributed by atoms with E-state index >= 15 is 0 Å². The van der Waals surface area contributed by atoms with Gasteiger partial charge in [0.05, 0.1) is 6.10 Å². The predicted octanol–water partition coefficient (Wildman–Crippen LogP) is 1.51. The number of aliphatic hydroxyl groups excluding tert-OH is 1. The van der Waals surface area contributed by atoms with Gasteiger partial charge in [-0.15, -0.1) is 0 Å². The van der Waals surface area contributed by atoms with Gasteiger partial charge in [0.25, 0.3) is 0 Å². The monoisotopic (exact) mass is 293 g/mol. The molecule has 0 aliphatic carbocycles. The Labute approximate surface area is 125 Å². The van der Waals surface area contributed by atoms with Crippen molar-refractivity contribution in [3.63, 3.8) is 0 Å². The molecule has 0 radical (unpaired) electrons. The second kappa shape index (κ2) is 7.11. The standard InChI is InChI=1S/C16H23NO4/c18-14(11-17-10-12-3-5-19-6-4-12)13-1-2-15-16(9-13)21-8-7-20-15/h1-2,9,12,14,17-18H,3-8,10-11H2. The van der Waals surface area contributed by atoms with E-state index < -0.39 is 6.10 Å². The molecule has 0 aromatic heterocycles. The van der Waals surface area contributed by atoms with Crippen molar-refractivity contribution in [2.24, 2.45) is 5.92 Å². The zero-order valence-electron chi connectivity index (χ0n) is 12.2. The molecule has 0 spiro atoms. The van der Waals surface area contributed by atoms with E-state index in [1.165, 1.54) is 0 Å². The lowest BCUT2D eigenvalue weighted by atomic mass is 10.0. The lowest BCUT2D eigenvalue weighted by Crippen LogP contribution is -2.30. The maximum absolute atomic E-state index is 10.3. The molecule has 2 aliphatic rings. The fourth-order valence-electron chi connectivity index (χ4n) is 2.76. The van der Waals surface area contributed by atoms with E-state index in [1.54, 1.807) is 0 Å². The lowest BCUT2D eigenvalue weighted by molar-refractivity contribution is 0.0649. The first-order chi connectivity index (χ1) is 10.3. The molecular formula is C16H23NO4. The van der Waals surface area contributed by atoms with Gasteiger partial charge in [0, 0.05) is 19.8 Å². The Hall–Kier alpha value is -1.30. The lowest BCUT2D eigenvalue weighted by Gasteiger charge is -2.23. The molecule has 2 N–H and O–H groups in total. The number of ether oxygens (including phenoxy) is 3. The smallest absolute Gasteiger partial charge is 0.161 e. The van der Waals surface area contributed by atoms with Crippen LogP contribution in [0.5, 0.6) is 11.5 Å². The van der Waals surface area contributed by atoms with Crippen LogP contribution in [0.1, 0.15) is 24.5 Å². The van der Waals surface area contributed by atoms with Gasteiger partial charge in [-0.05, 0) is 43.0 Å². The van der Waals surface area contributed by atoms with Crippen LogP contribution in [0.15, 0.2) is 18.2 Å². The topological polar surface area (TPSA) is 60.0 Å². The van der Waals surface area contributed by atoms with Gasteiger partial charge in [0.1, 0.15) is 13.2 Å². The maximum atomic E-state index is 10.3. The molecule has 21 heavy (non-hydrogen) atoms. The summed E-state index contributed by atoms with van der Waals surface area (Å²) >= 11 is 0. The fraction of sp³-hybridized carbons (Fsp3) is 0.625. The molecule has 116 valence electrons. The van der Waals surface area contributed by atoms with Crippen LogP contribution in [0.3, 0.4) is 0 Å². The maximum Gasteiger partial charge on any atom is 0.161 e. The average Bonchev–Trinajstić information content (AvgIpc) is 2.55. The van der Waals surface area contributed by atoms with Gasteiger partial charge >= 0.3 is 0 Å². The summed E-state index contributed by atoms with van der Waals surface area (Å²) in [4.78, 5) is 0. The van der Waals surface area contributed by atoms with Crippen LogP contribution in [-0.4, -0.2) is 44.6 Å². The van der Waals surface area contributed by atoms with Crippen LogP contribution in [0.25, 0.3) is 0 Å². The summed E-state index contributed by atoms with van der Waals surface area (Å²) in [6.45, 7) is 4.35. The molecule has 2 heterocycles. The third-order valence-corrected chi connectivity index (χ3v) is 4.06. The normalized spacial score (nSPS) is 20.2. The third kappa shape index (κ3) is 3.87. The van der Waals surface area contributed by atoms with Crippen LogP contribution in [0.2, 0.25) is 0 Å². The SMILES string of the molecule is OC(CNCC1CCOCC1)c1ccc2c(c1)OCCO2. The summed E-state index contributed by atoms with van der Waals surface area (Å²) in [6, 6.07) is 5.63. The number of benzene rings is 1. The van der Waals surface area contributed by atoms with Gasteiger partial charge in [0.15, 0.2) is 11.5 Å². The highest BCUT2D eigenvalue weighted by Gasteiger charge is 2.17. The Morgan fingerprint density at radius 2 is 1.86 bits per heavy atom. The third-order valence-electron chi connectivity index (χ3n) is 4.06. The number of nitrogens with one attached hydrogen (secondary N) is 1. The quantitative estimate of drug-likeness (QED) is 0.862. The van der Waals surface area contributed by atoms with Crippen LogP contribution >= 0.6 is 0 Å². The molecule has 2 aliphatic heterocycles. The number of hydrogen-bond donors (Lipinski definition) is 2. The molecule has 1 aromatic rings. The van der Waals surface area contributed by atoms with Gasteiger partial charge in [-0.1, -0.05) is 6.07 Å². The van der Waals surface area contributed by atoms with Crippen molar-refractivity contribution in [2.75, 3.05) is 39.5 Å². The van der Waals surface area contributed by atoms with E-state index in [-0.39, 0.29) is 0 Å². The minimum Gasteiger partial charge on any atom is -0.486 e. The Bertz CT molecular complexity index is 460.